The van der Waals surface area contributed by atoms with Crippen molar-refractivity contribution >= 4 is 29.0 Å². The summed E-state index contributed by atoms with van der Waals surface area (Å²) in [5.41, 5.74) is 5.55. The van der Waals surface area contributed by atoms with Gasteiger partial charge in [-0.15, -0.1) is 18.3 Å². The van der Waals surface area contributed by atoms with Gasteiger partial charge in [-0.3, -0.25) is 5.32 Å². The van der Waals surface area contributed by atoms with Crippen molar-refractivity contribution in [3.8, 4) is 22.8 Å². The van der Waals surface area contributed by atoms with E-state index in [-0.39, 0.29) is 16.9 Å². The first-order valence-corrected chi connectivity index (χ1v) is 13.3. The number of carbonyl (C=O) groups is 1. The quantitative estimate of drug-likeness (QED) is 0.155. The normalized spacial score (nSPS) is 11.1. The smallest absolute Gasteiger partial charge is 0.406 e. The van der Waals surface area contributed by atoms with Crippen LogP contribution < -0.4 is 20.7 Å². The number of aromatic nitrogens is 3. The van der Waals surface area contributed by atoms with Crippen molar-refractivity contribution in [2.24, 2.45) is 0 Å². The van der Waals surface area contributed by atoms with Crippen LogP contribution in [0.3, 0.4) is 0 Å². The minimum absolute atomic E-state index is 0.238. The monoisotopic (exact) mass is 582 g/mol. The van der Waals surface area contributed by atoms with E-state index in [9.17, 15) is 18.0 Å². The number of alkyl halides is 3. The molecule has 8 nitrogen and oxygen atoms in total. The number of nitrogens with one attached hydrogen (secondary N) is 3. The molecule has 4 aromatic rings. The Labute approximate surface area is 240 Å². The van der Waals surface area contributed by atoms with Gasteiger partial charge in [0.15, 0.2) is 10.9 Å². The van der Waals surface area contributed by atoms with Crippen molar-refractivity contribution in [2.75, 3.05) is 11.9 Å². The van der Waals surface area contributed by atoms with Crippen molar-refractivity contribution in [1.29, 1.82) is 0 Å². The van der Waals surface area contributed by atoms with Gasteiger partial charge >= 0.3 is 12.4 Å². The van der Waals surface area contributed by atoms with E-state index in [1.54, 1.807) is 0 Å². The molecule has 4 rings (SSSR count). The fraction of sp³-hybridized carbons (Fsp3) is 0.241. The molecule has 41 heavy (non-hydrogen) atoms. The molecule has 0 aliphatic carbocycles. The second kappa shape index (κ2) is 13.3. The van der Waals surface area contributed by atoms with Crippen molar-refractivity contribution in [2.45, 2.75) is 39.5 Å². The molecule has 2 amide bonds. The van der Waals surface area contributed by atoms with Gasteiger partial charge in [0.1, 0.15) is 12.1 Å². The van der Waals surface area contributed by atoms with E-state index in [0.717, 1.165) is 47.2 Å². The van der Waals surface area contributed by atoms with Gasteiger partial charge in [-0.25, -0.2) is 14.5 Å². The number of unbranched alkanes of at least 4 members (excludes halogenated alkanes) is 1. The third-order valence-electron chi connectivity index (χ3n) is 6.07. The number of thiocarbonyl (C=S) groups is 1. The largest absolute Gasteiger partial charge is 0.573 e. The first-order chi connectivity index (χ1) is 19.6. The molecule has 3 aromatic carbocycles. The molecule has 0 bridgehead atoms. The van der Waals surface area contributed by atoms with Crippen LogP contribution in [0.2, 0.25) is 0 Å². The third-order valence-corrected chi connectivity index (χ3v) is 6.28. The number of ether oxygens (including phenoxy) is 1. The number of rotatable bonds is 9. The van der Waals surface area contributed by atoms with Gasteiger partial charge in [0.2, 0.25) is 0 Å². The summed E-state index contributed by atoms with van der Waals surface area (Å²) in [4.78, 5) is 16.4. The Morgan fingerprint density at radius 3 is 2.41 bits per heavy atom. The standard InChI is InChI=1S/C29H29F3N6O2S/c1-19-6-15-25(20(2)17-19)35-28(41)36-27(39)33-16-4-3-5-21-7-9-22(10-8-21)26-34-18-38(37-26)23-11-13-24(14-12-23)40-29(30,31)32/h6-15,17-18H,3-5,16H2,1-2H3,(H3,33,35,36,39,41). The van der Waals surface area contributed by atoms with Gasteiger partial charge in [-0.05, 0) is 86.8 Å². The van der Waals surface area contributed by atoms with Gasteiger partial charge in [-0.1, -0.05) is 42.0 Å². The van der Waals surface area contributed by atoms with Crippen LogP contribution in [-0.4, -0.2) is 38.8 Å². The number of aryl methyl sites for hydroxylation is 3. The van der Waals surface area contributed by atoms with Crippen molar-refractivity contribution < 1.29 is 22.7 Å². The zero-order valence-corrected chi connectivity index (χ0v) is 23.3. The Kier molecular flexibility index (Phi) is 9.56. The molecule has 214 valence electrons. The Bertz CT molecular complexity index is 1490. The number of carbonyl (C=O) groups excluding carboxylic acids is 1. The lowest BCUT2D eigenvalue weighted by atomic mass is 10.1. The Morgan fingerprint density at radius 2 is 1.73 bits per heavy atom. The lowest BCUT2D eigenvalue weighted by Gasteiger charge is -2.13. The second-order valence-corrected chi connectivity index (χ2v) is 9.77. The highest BCUT2D eigenvalue weighted by Crippen LogP contribution is 2.24. The number of hydrogen-bond donors (Lipinski definition) is 3. The highest BCUT2D eigenvalue weighted by atomic mass is 32.1. The maximum Gasteiger partial charge on any atom is 0.573 e. The minimum atomic E-state index is -4.74. The lowest BCUT2D eigenvalue weighted by molar-refractivity contribution is -0.274. The molecule has 0 spiro atoms. The molecule has 0 aliphatic rings. The number of halogens is 3. The topological polar surface area (TPSA) is 93.1 Å². The van der Waals surface area contributed by atoms with Crippen LogP contribution in [0, 0.1) is 13.8 Å². The lowest BCUT2D eigenvalue weighted by Crippen LogP contribution is -2.42. The fourth-order valence-electron chi connectivity index (χ4n) is 4.05. The third kappa shape index (κ3) is 9.04. The molecule has 0 unspecified atom stereocenters. The van der Waals surface area contributed by atoms with Crippen LogP contribution in [-0.2, 0) is 6.42 Å². The molecule has 1 heterocycles. The summed E-state index contributed by atoms with van der Waals surface area (Å²) >= 11 is 5.23. The first kappa shape index (κ1) is 29.5. The number of nitrogens with zero attached hydrogens (tertiary/aromatic N) is 3. The predicted octanol–water partition coefficient (Wildman–Crippen LogP) is 6.47. The summed E-state index contributed by atoms with van der Waals surface area (Å²) in [5.74, 6) is 0.189. The van der Waals surface area contributed by atoms with Crippen LogP contribution in [0.15, 0.2) is 73.1 Å². The van der Waals surface area contributed by atoms with Crippen LogP contribution in [0.5, 0.6) is 5.75 Å². The highest BCUT2D eigenvalue weighted by molar-refractivity contribution is 7.80. The van der Waals surface area contributed by atoms with E-state index in [1.807, 2.05) is 56.3 Å². The molecule has 0 aliphatic heterocycles. The first-order valence-electron chi connectivity index (χ1n) is 12.9. The number of hydrogen-bond acceptors (Lipinski definition) is 5. The maximum atomic E-state index is 12.4. The van der Waals surface area contributed by atoms with Crippen molar-refractivity contribution in [3.05, 3.63) is 89.7 Å². The van der Waals surface area contributed by atoms with E-state index in [1.165, 1.54) is 35.3 Å². The molecule has 0 fully saturated rings. The molecular formula is C29H29F3N6O2S. The van der Waals surface area contributed by atoms with Crippen molar-refractivity contribution in [3.63, 3.8) is 0 Å². The Morgan fingerprint density at radius 1 is 1.00 bits per heavy atom. The van der Waals surface area contributed by atoms with Gasteiger partial charge in [-0.2, -0.15) is 0 Å². The minimum Gasteiger partial charge on any atom is -0.406 e. The Hall–Kier alpha value is -4.45. The second-order valence-electron chi connectivity index (χ2n) is 9.36. The molecule has 1 aromatic heterocycles. The van der Waals surface area contributed by atoms with E-state index in [4.69, 9.17) is 12.2 Å². The van der Waals surface area contributed by atoms with E-state index < -0.39 is 6.36 Å². The summed E-state index contributed by atoms with van der Waals surface area (Å²) in [6, 6.07) is 18.8. The molecule has 0 atom stereocenters. The van der Waals surface area contributed by atoms with Gasteiger partial charge in [0.05, 0.1) is 5.69 Å². The summed E-state index contributed by atoms with van der Waals surface area (Å²) in [6.07, 6.45) is -0.727. The maximum absolute atomic E-state index is 12.4. The fourth-order valence-corrected chi connectivity index (χ4v) is 4.25. The van der Waals surface area contributed by atoms with E-state index >= 15 is 0 Å². The van der Waals surface area contributed by atoms with Crippen molar-refractivity contribution in [1.82, 2.24) is 25.4 Å². The van der Waals surface area contributed by atoms with Crippen LogP contribution in [0.1, 0.15) is 29.5 Å². The van der Waals surface area contributed by atoms with Gasteiger partial charge < -0.3 is 15.4 Å². The highest BCUT2D eigenvalue weighted by Gasteiger charge is 2.31. The molecule has 12 heteroatoms. The average Bonchev–Trinajstić information content (AvgIpc) is 3.40. The summed E-state index contributed by atoms with van der Waals surface area (Å²) in [5, 5.41) is 13.1. The molecular weight excluding hydrogens is 553 g/mol. The average molecular weight is 583 g/mol. The van der Waals surface area contributed by atoms with Crippen LogP contribution in [0.25, 0.3) is 17.1 Å². The number of amides is 2. The van der Waals surface area contributed by atoms with Crippen LogP contribution in [0.4, 0.5) is 23.7 Å². The van der Waals surface area contributed by atoms with E-state index in [0.29, 0.717) is 18.1 Å². The number of benzene rings is 3. The SMILES string of the molecule is Cc1ccc(NC(=S)NC(=O)NCCCCc2ccc(-c3ncn(-c4ccc(OC(F)(F)F)cc4)n3)cc2)c(C)c1. The van der Waals surface area contributed by atoms with E-state index in [2.05, 4.69) is 30.8 Å². The molecule has 0 radical (unpaired) electrons. The van der Waals surface area contributed by atoms with Gasteiger partial charge in [0, 0.05) is 17.8 Å². The van der Waals surface area contributed by atoms with Crippen LogP contribution >= 0.6 is 12.2 Å². The molecule has 0 saturated carbocycles. The number of anilines is 1. The summed E-state index contributed by atoms with van der Waals surface area (Å²) in [7, 11) is 0. The molecule has 3 N–H and O–H groups in total. The zero-order valence-electron chi connectivity index (χ0n) is 22.5. The molecule has 0 saturated heterocycles. The Balaban J connectivity index is 1.18. The van der Waals surface area contributed by atoms with Gasteiger partial charge in [0.25, 0.3) is 0 Å². The summed E-state index contributed by atoms with van der Waals surface area (Å²) in [6.45, 7) is 4.50. The summed E-state index contributed by atoms with van der Waals surface area (Å²) < 4.78 is 42.4. The zero-order chi connectivity index (χ0) is 29.4. The predicted molar refractivity (Wildman–Crippen MR) is 155 cm³/mol. The number of urea groups is 1.